The third kappa shape index (κ3) is 2.45. The lowest BCUT2D eigenvalue weighted by Gasteiger charge is -2.04. The number of carbonyl (C=O) groups is 2. The number of fused-ring (bicyclic) bond motifs is 1. The van der Waals surface area contributed by atoms with E-state index in [1.165, 1.54) is 0 Å². The fourth-order valence-electron chi connectivity index (χ4n) is 2.41. The van der Waals surface area contributed by atoms with Gasteiger partial charge in [0.25, 0.3) is 0 Å². The Kier molecular flexibility index (Phi) is 3.30. The van der Waals surface area contributed by atoms with Crippen molar-refractivity contribution < 1.29 is 9.59 Å². The van der Waals surface area contributed by atoms with Crippen LogP contribution in [0.5, 0.6) is 0 Å². The van der Waals surface area contributed by atoms with Gasteiger partial charge in [-0.1, -0.05) is 54.6 Å². The van der Waals surface area contributed by atoms with Crippen molar-refractivity contribution in [2.75, 3.05) is 0 Å². The maximum absolute atomic E-state index is 12.2. The van der Waals surface area contributed by atoms with Crippen molar-refractivity contribution in [3.8, 4) is 0 Å². The van der Waals surface area contributed by atoms with Crippen LogP contribution in [0.15, 0.2) is 54.6 Å². The Morgan fingerprint density at radius 1 is 0.900 bits per heavy atom. The zero-order valence-corrected chi connectivity index (χ0v) is 11.0. The Labute approximate surface area is 117 Å². The Bertz CT molecular complexity index is 697. The number of rotatable bonds is 4. The van der Waals surface area contributed by atoms with E-state index in [4.69, 9.17) is 0 Å². The molecule has 0 saturated carbocycles. The Hall–Kier alpha value is -2.48. The quantitative estimate of drug-likeness (QED) is 0.621. The van der Waals surface area contributed by atoms with Gasteiger partial charge in [-0.2, -0.15) is 0 Å². The Balaban J connectivity index is 1.76. The predicted molar refractivity (Wildman–Crippen MR) is 78.9 cm³/mol. The van der Waals surface area contributed by atoms with Crippen LogP contribution in [-0.4, -0.2) is 11.6 Å². The molecule has 1 aliphatic carbocycles. The molecule has 0 aliphatic heterocycles. The fraction of sp³-hybridized carbons (Fsp3) is 0.111. The zero-order valence-electron chi connectivity index (χ0n) is 11.0. The van der Waals surface area contributed by atoms with Crippen LogP contribution in [0.25, 0.3) is 6.08 Å². The maximum Gasteiger partial charge on any atom is 0.170 e. The van der Waals surface area contributed by atoms with Crippen LogP contribution >= 0.6 is 0 Å². The Morgan fingerprint density at radius 2 is 1.65 bits per heavy atom. The molecule has 0 unspecified atom stereocenters. The molecule has 2 aromatic carbocycles. The van der Waals surface area contributed by atoms with Crippen molar-refractivity contribution >= 4 is 17.6 Å². The van der Waals surface area contributed by atoms with Crippen LogP contribution in [0.4, 0.5) is 0 Å². The van der Waals surface area contributed by atoms with E-state index < -0.39 is 0 Å². The summed E-state index contributed by atoms with van der Waals surface area (Å²) in [5.41, 5.74) is 3.53. The third-order valence-electron chi connectivity index (χ3n) is 3.52. The molecule has 20 heavy (non-hydrogen) atoms. The molecule has 0 radical (unpaired) electrons. The monoisotopic (exact) mass is 262 g/mol. The number of hydrogen-bond acceptors (Lipinski definition) is 2. The maximum atomic E-state index is 12.2. The van der Waals surface area contributed by atoms with Crippen LogP contribution in [0, 0.1) is 0 Å². The summed E-state index contributed by atoms with van der Waals surface area (Å²) in [4.78, 5) is 24.2. The fourth-order valence-corrected chi connectivity index (χ4v) is 2.41. The second kappa shape index (κ2) is 5.25. The summed E-state index contributed by atoms with van der Waals surface area (Å²) in [5, 5.41) is 0. The molecule has 0 spiro atoms. The summed E-state index contributed by atoms with van der Waals surface area (Å²) in [5.74, 6) is -0.247. The van der Waals surface area contributed by atoms with Crippen LogP contribution in [-0.2, 0) is 6.42 Å². The summed E-state index contributed by atoms with van der Waals surface area (Å²) in [7, 11) is 0. The van der Waals surface area contributed by atoms with E-state index in [1.54, 1.807) is 30.3 Å². The number of benzene rings is 2. The largest absolute Gasteiger partial charge is 0.294 e. The average molecular weight is 262 g/mol. The molecule has 0 N–H and O–H groups in total. The van der Waals surface area contributed by atoms with Crippen molar-refractivity contribution in [2.45, 2.75) is 12.8 Å². The van der Waals surface area contributed by atoms with Crippen molar-refractivity contribution in [3.63, 3.8) is 0 Å². The molecule has 2 heteroatoms. The highest BCUT2D eigenvalue weighted by Crippen LogP contribution is 2.21. The molecule has 0 atom stereocenters. The highest BCUT2D eigenvalue weighted by atomic mass is 16.1. The van der Waals surface area contributed by atoms with Crippen molar-refractivity contribution in [3.05, 3.63) is 76.9 Å². The lowest BCUT2D eigenvalue weighted by molar-refractivity contribution is 0.0894. The molecule has 0 saturated heterocycles. The standard InChI is InChI=1S/C18H14O2/c19-17(14-5-2-1-3-6-14)12-18(20)16-10-9-13-7-4-8-15(13)11-16/h1-7,9-11H,8,12H2. The summed E-state index contributed by atoms with van der Waals surface area (Å²) in [6, 6.07) is 14.6. The van der Waals surface area contributed by atoms with E-state index in [0.29, 0.717) is 11.1 Å². The first kappa shape index (κ1) is 12.5. The van der Waals surface area contributed by atoms with Gasteiger partial charge in [0.05, 0.1) is 6.42 Å². The summed E-state index contributed by atoms with van der Waals surface area (Å²) < 4.78 is 0. The van der Waals surface area contributed by atoms with Gasteiger partial charge in [-0.05, 0) is 23.6 Å². The second-order valence-corrected chi connectivity index (χ2v) is 4.91. The SMILES string of the molecule is O=C(CC(=O)c1ccc2c(c1)CC=C2)c1ccccc1. The molecule has 0 bridgehead atoms. The van der Waals surface area contributed by atoms with Crippen LogP contribution < -0.4 is 0 Å². The average Bonchev–Trinajstić information content (AvgIpc) is 2.95. The smallest absolute Gasteiger partial charge is 0.170 e. The first-order valence-electron chi connectivity index (χ1n) is 6.65. The molecule has 2 aromatic rings. The Morgan fingerprint density at radius 3 is 2.45 bits per heavy atom. The minimum Gasteiger partial charge on any atom is -0.294 e. The van der Waals surface area contributed by atoms with Gasteiger partial charge in [0.15, 0.2) is 11.6 Å². The minimum atomic E-state index is -0.130. The highest BCUT2D eigenvalue weighted by molar-refractivity contribution is 6.13. The van der Waals surface area contributed by atoms with E-state index in [0.717, 1.165) is 17.5 Å². The molecule has 1 aliphatic rings. The molecular formula is C18H14O2. The highest BCUT2D eigenvalue weighted by Gasteiger charge is 2.15. The van der Waals surface area contributed by atoms with E-state index >= 15 is 0 Å². The van der Waals surface area contributed by atoms with E-state index in [9.17, 15) is 9.59 Å². The summed E-state index contributed by atoms with van der Waals surface area (Å²) in [6.07, 6.45) is 4.92. The van der Waals surface area contributed by atoms with Gasteiger partial charge >= 0.3 is 0 Å². The van der Waals surface area contributed by atoms with Crippen molar-refractivity contribution in [1.82, 2.24) is 0 Å². The zero-order chi connectivity index (χ0) is 13.9. The molecule has 2 nitrogen and oxygen atoms in total. The van der Waals surface area contributed by atoms with E-state index in [-0.39, 0.29) is 18.0 Å². The molecule has 0 aromatic heterocycles. The van der Waals surface area contributed by atoms with Crippen LogP contribution in [0.2, 0.25) is 0 Å². The lowest BCUT2D eigenvalue weighted by Crippen LogP contribution is -2.09. The molecular weight excluding hydrogens is 248 g/mol. The van der Waals surface area contributed by atoms with Gasteiger partial charge in [0.1, 0.15) is 0 Å². The van der Waals surface area contributed by atoms with Crippen LogP contribution in [0.3, 0.4) is 0 Å². The van der Waals surface area contributed by atoms with Gasteiger partial charge in [0.2, 0.25) is 0 Å². The number of carbonyl (C=O) groups excluding carboxylic acids is 2. The minimum absolute atomic E-state index is 0.0732. The van der Waals surface area contributed by atoms with E-state index in [1.807, 2.05) is 18.2 Å². The molecule has 0 amide bonds. The van der Waals surface area contributed by atoms with E-state index in [2.05, 4.69) is 12.2 Å². The molecule has 0 fully saturated rings. The van der Waals surface area contributed by atoms with Gasteiger partial charge < -0.3 is 0 Å². The van der Waals surface area contributed by atoms with Crippen molar-refractivity contribution in [1.29, 1.82) is 0 Å². The number of ketones is 2. The first-order chi connectivity index (χ1) is 9.74. The summed E-state index contributed by atoms with van der Waals surface area (Å²) >= 11 is 0. The van der Waals surface area contributed by atoms with Gasteiger partial charge in [0, 0.05) is 11.1 Å². The second-order valence-electron chi connectivity index (χ2n) is 4.91. The third-order valence-corrected chi connectivity index (χ3v) is 3.52. The van der Waals surface area contributed by atoms with Gasteiger partial charge in [-0.3, -0.25) is 9.59 Å². The number of Topliss-reactive ketones (excluding diaryl/α,β-unsaturated/α-hetero) is 2. The summed E-state index contributed by atoms with van der Waals surface area (Å²) in [6.45, 7) is 0. The predicted octanol–water partition coefficient (Wildman–Crippen LogP) is 3.71. The number of allylic oxidation sites excluding steroid dienone is 1. The molecule has 0 heterocycles. The van der Waals surface area contributed by atoms with Gasteiger partial charge in [-0.25, -0.2) is 0 Å². The van der Waals surface area contributed by atoms with Crippen LogP contribution in [0.1, 0.15) is 38.3 Å². The topological polar surface area (TPSA) is 34.1 Å². The van der Waals surface area contributed by atoms with Gasteiger partial charge in [-0.15, -0.1) is 0 Å². The lowest BCUT2D eigenvalue weighted by atomic mass is 9.98. The normalized spacial score (nSPS) is 12.2. The molecule has 98 valence electrons. The number of hydrogen-bond donors (Lipinski definition) is 0. The molecule has 3 rings (SSSR count). The van der Waals surface area contributed by atoms with Crippen molar-refractivity contribution in [2.24, 2.45) is 0 Å². The first-order valence-corrected chi connectivity index (χ1v) is 6.65.